The van der Waals surface area contributed by atoms with E-state index in [1.165, 1.54) is 11.3 Å². The Balaban J connectivity index is 0.000000686. The molecule has 1 aromatic rings. The van der Waals surface area contributed by atoms with Crippen molar-refractivity contribution in [2.24, 2.45) is 5.92 Å². The molecular formula is C14H26N2O. The third-order valence-corrected chi connectivity index (χ3v) is 3.59. The van der Waals surface area contributed by atoms with Gasteiger partial charge in [-0.15, -0.1) is 0 Å². The van der Waals surface area contributed by atoms with Crippen molar-refractivity contribution in [2.75, 3.05) is 6.61 Å². The van der Waals surface area contributed by atoms with Gasteiger partial charge in [0.1, 0.15) is 5.60 Å². The molecule has 98 valence electrons. The molecule has 2 unspecified atom stereocenters. The molecule has 0 saturated carbocycles. The van der Waals surface area contributed by atoms with Crippen molar-refractivity contribution in [2.45, 2.75) is 60.1 Å². The molecule has 3 heteroatoms. The highest BCUT2D eigenvalue weighted by atomic mass is 16.5. The van der Waals surface area contributed by atoms with Crippen LogP contribution < -0.4 is 0 Å². The number of rotatable bonds is 1. The fraction of sp³-hybridized carbons (Fsp3) is 0.786. The molecule has 3 nitrogen and oxygen atoms in total. The molecule has 2 atom stereocenters. The predicted molar refractivity (Wildman–Crippen MR) is 71.2 cm³/mol. The van der Waals surface area contributed by atoms with Crippen LogP contribution in [0.3, 0.4) is 0 Å². The van der Waals surface area contributed by atoms with E-state index in [2.05, 4.69) is 44.4 Å². The van der Waals surface area contributed by atoms with Gasteiger partial charge in [0.15, 0.2) is 0 Å². The average molecular weight is 238 g/mol. The lowest BCUT2D eigenvalue weighted by Crippen LogP contribution is -2.42. The molecule has 0 amide bonds. The Morgan fingerprint density at radius 1 is 1.47 bits per heavy atom. The van der Waals surface area contributed by atoms with E-state index in [-0.39, 0.29) is 5.60 Å². The van der Waals surface area contributed by atoms with E-state index in [1.54, 1.807) is 0 Å². The molecule has 1 aliphatic rings. The zero-order valence-corrected chi connectivity index (χ0v) is 12.2. The van der Waals surface area contributed by atoms with Gasteiger partial charge in [-0.1, -0.05) is 27.7 Å². The van der Waals surface area contributed by atoms with E-state index in [9.17, 15) is 0 Å². The summed E-state index contributed by atoms with van der Waals surface area (Å²) in [4.78, 5) is 0. The highest BCUT2D eigenvalue weighted by molar-refractivity contribution is 5.25. The summed E-state index contributed by atoms with van der Waals surface area (Å²) in [6.07, 6.45) is 1.95. The number of aromatic nitrogens is 2. The van der Waals surface area contributed by atoms with Crippen molar-refractivity contribution >= 4 is 0 Å². The Morgan fingerprint density at radius 3 is 2.59 bits per heavy atom. The number of hydrogen-bond donors (Lipinski definition) is 0. The second-order valence-corrected chi connectivity index (χ2v) is 5.04. The van der Waals surface area contributed by atoms with Crippen molar-refractivity contribution in [3.8, 4) is 0 Å². The maximum absolute atomic E-state index is 6.04. The molecule has 0 fully saturated rings. The molecule has 0 N–H and O–H groups in total. The Morgan fingerprint density at radius 2 is 2.06 bits per heavy atom. The summed E-state index contributed by atoms with van der Waals surface area (Å²) in [7, 11) is 0. The lowest BCUT2D eigenvalue weighted by Gasteiger charge is -2.40. The summed E-state index contributed by atoms with van der Waals surface area (Å²) in [5, 5.41) is 4.45. The first kappa shape index (κ1) is 14.2. The molecule has 0 aliphatic carbocycles. The van der Waals surface area contributed by atoms with Gasteiger partial charge in [0.25, 0.3) is 0 Å². The number of nitrogens with zero attached hydrogens (tertiary/aromatic N) is 2. The topological polar surface area (TPSA) is 27.1 Å². The van der Waals surface area contributed by atoms with Crippen LogP contribution in [0.1, 0.15) is 58.8 Å². The van der Waals surface area contributed by atoms with Crippen molar-refractivity contribution in [3.05, 3.63) is 17.5 Å². The number of hydrogen-bond acceptors (Lipinski definition) is 2. The van der Waals surface area contributed by atoms with E-state index >= 15 is 0 Å². The van der Waals surface area contributed by atoms with Gasteiger partial charge in [-0.05, 0) is 32.3 Å². The van der Waals surface area contributed by atoms with Crippen LogP contribution in [0.5, 0.6) is 0 Å². The van der Waals surface area contributed by atoms with Crippen molar-refractivity contribution in [1.29, 1.82) is 0 Å². The molecule has 17 heavy (non-hydrogen) atoms. The second-order valence-electron chi connectivity index (χ2n) is 5.04. The SMILES string of the molecule is CC.Cc1cnn2c1C(C)(C(C)C)OCC2C. The minimum Gasteiger partial charge on any atom is -0.367 e. The van der Waals surface area contributed by atoms with Crippen LogP contribution in [0.25, 0.3) is 0 Å². The summed E-state index contributed by atoms with van der Waals surface area (Å²) < 4.78 is 8.17. The van der Waals surface area contributed by atoms with E-state index in [1.807, 2.05) is 20.0 Å². The zero-order valence-electron chi connectivity index (χ0n) is 12.2. The smallest absolute Gasteiger partial charge is 0.109 e. The van der Waals surface area contributed by atoms with E-state index in [0.717, 1.165) is 6.61 Å². The largest absolute Gasteiger partial charge is 0.367 e. The monoisotopic (exact) mass is 238 g/mol. The molecule has 2 rings (SSSR count). The lowest BCUT2D eigenvalue weighted by atomic mass is 9.85. The Hall–Kier alpha value is -0.830. The van der Waals surface area contributed by atoms with Gasteiger partial charge < -0.3 is 4.74 Å². The van der Waals surface area contributed by atoms with Gasteiger partial charge >= 0.3 is 0 Å². The summed E-state index contributed by atoms with van der Waals surface area (Å²) in [5.41, 5.74) is 2.29. The van der Waals surface area contributed by atoms with Gasteiger partial charge in [0, 0.05) is 0 Å². The van der Waals surface area contributed by atoms with Crippen molar-refractivity contribution in [3.63, 3.8) is 0 Å². The average Bonchev–Trinajstić information content (AvgIpc) is 2.70. The highest BCUT2D eigenvalue weighted by Gasteiger charge is 2.40. The number of fused-ring (bicyclic) bond motifs is 1. The van der Waals surface area contributed by atoms with Crippen LogP contribution in [0.15, 0.2) is 6.20 Å². The Kier molecular flexibility index (Phi) is 4.36. The maximum Gasteiger partial charge on any atom is 0.109 e. The summed E-state index contributed by atoms with van der Waals surface area (Å²) in [6, 6.07) is 0.348. The minimum absolute atomic E-state index is 0.187. The standard InChI is InChI=1S/C12H20N2O.C2H6/c1-8(2)12(5)11-9(3)6-13-14(11)10(4)7-15-12;1-2/h6,8,10H,7H2,1-5H3;1-2H3. The van der Waals surface area contributed by atoms with E-state index < -0.39 is 0 Å². The molecule has 2 heterocycles. The maximum atomic E-state index is 6.04. The Bertz CT molecular complexity index is 370. The van der Waals surface area contributed by atoms with Crippen LogP contribution in [-0.2, 0) is 10.3 Å². The molecule has 0 spiro atoms. The lowest BCUT2D eigenvalue weighted by molar-refractivity contribution is -0.109. The quantitative estimate of drug-likeness (QED) is 0.746. The van der Waals surface area contributed by atoms with Gasteiger partial charge in [-0.2, -0.15) is 5.10 Å². The second kappa shape index (κ2) is 5.21. The normalized spacial score (nSPS) is 27.4. The first-order valence-corrected chi connectivity index (χ1v) is 6.65. The van der Waals surface area contributed by atoms with Gasteiger partial charge in [0.05, 0.1) is 24.5 Å². The molecule has 0 saturated heterocycles. The van der Waals surface area contributed by atoms with E-state index in [0.29, 0.717) is 12.0 Å². The van der Waals surface area contributed by atoms with Crippen LogP contribution in [0.4, 0.5) is 0 Å². The fourth-order valence-electron chi connectivity index (χ4n) is 2.27. The first-order valence-electron chi connectivity index (χ1n) is 6.65. The van der Waals surface area contributed by atoms with Crippen molar-refractivity contribution in [1.82, 2.24) is 9.78 Å². The minimum atomic E-state index is -0.187. The van der Waals surface area contributed by atoms with Crippen LogP contribution in [0.2, 0.25) is 0 Å². The van der Waals surface area contributed by atoms with Gasteiger partial charge in [-0.3, -0.25) is 4.68 Å². The number of ether oxygens (including phenoxy) is 1. The number of aryl methyl sites for hydroxylation is 1. The third-order valence-electron chi connectivity index (χ3n) is 3.59. The van der Waals surface area contributed by atoms with Crippen LogP contribution >= 0.6 is 0 Å². The molecule has 1 aromatic heterocycles. The predicted octanol–water partition coefficient (Wildman–Crippen LogP) is 3.68. The zero-order chi connectivity index (χ0) is 13.2. The van der Waals surface area contributed by atoms with Crippen LogP contribution in [-0.4, -0.2) is 16.4 Å². The molecule has 0 aromatic carbocycles. The Labute approximate surface area is 105 Å². The molecule has 0 radical (unpaired) electrons. The van der Waals surface area contributed by atoms with Crippen molar-refractivity contribution < 1.29 is 4.74 Å². The van der Waals surface area contributed by atoms with Crippen LogP contribution in [0, 0.1) is 12.8 Å². The first-order chi connectivity index (χ1) is 7.97. The third kappa shape index (κ3) is 2.25. The molecular weight excluding hydrogens is 212 g/mol. The summed E-state index contributed by atoms with van der Waals surface area (Å²) >= 11 is 0. The molecule has 0 bridgehead atoms. The summed E-state index contributed by atoms with van der Waals surface area (Å²) in [6.45, 7) is 15.6. The van der Waals surface area contributed by atoms with Gasteiger partial charge in [0.2, 0.25) is 0 Å². The van der Waals surface area contributed by atoms with E-state index in [4.69, 9.17) is 4.74 Å². The highest BCUT2D eigenvalue weighted by Crippen LogP contribution is 2.40. The summed E-state index contributed by atoms with van der Waals surface area (Å²) in [5.74, 6) is 0.458. The molecule has 1 aliphatic heterocycles. The van der Waals surface area contributed by atoms with Gasteiger partial charge in [-0.25, -0.2) is 0 Å². The fourth-order valence-corrected chi connectivity index (χ4v) is 2.27.